The van der Waals surface area contributed by atoms with Crippen LogP contribution in [0, 0.1) is 52.2 Å². The summed E-state index contributed by atoms with van der Waals surface area (Å²) in [7, 11) is 1.97. The summed E-state index contributed by atoms with van der Waals surface area (Å²) >= 11 is 5.87. The number of phenols is 2. The summed E-state index contributed by atoms with van der Waals surface area (Å²) in [5.41, 5.74) is 8.99. The Labute approximate surface area is 633 Å². The molecule has 0 bridgehead atoms. The average Bonchev–Trinajstić information content (AvgIpc) is 0.818. The summed E-state index contributed by atoms with van der Waals surface area (Å²) in [6, 6.07) is 67.3. The Hall–Kier alpha value is -12.4. The molecule has 0 unspecified atom stereocenters. The molecule has 0 spiro atoms. The Morgan fingerprint density at radius 3 is 1.50 bits per heavy atom. The van der Waals surface area contributed by atoms with Gasteiger partial charge in [0, 0.05) is 66.4 Å². The quantitative estimate of drug-likeness (QED) is 0.0115. The first-order valence-electron chi connectivity index (χ1n) is 35.9. The molecular formula is C88H92ClN9O9. The van der Waals surface area contributed by atoms with E-state index in [1.807, 2.05) is 220 Å². The van der Waals surface area contributed by atoms with E-state index in [2.05, 4.69) is 39.9 Å². The van der Waals surface area contributed by atoms with Crippen LogP contribution in [-0.4, -0.2) is 106 Å². The lowest BCUT2D eigenvalue weighted by Gasteiger charge is -2.24. The largest absolute Gasteiger partial charge is 0.507 e. The summed E-state index contributed by atoms with van der Waals surface area (Å²) < 4.78 is 27.2. The second-order valence-electron chi connectivity index (χ2n) is 24.5. The molecule has 1 aliphatic rings. The number of esters is 2. The minimum absolute atomic E-state index is 0.00296. The number of alkyl halides is 1. The summed E-state index contributed by atoms with van der Waals surface area (Å²) in [5.74, 6) is 2.28. The predicted molar refractivity (Wildman–Crippen MR) is 431 cm³/mol. The lowest BCUT2D eigenvalue weighted by atomic mass is 9.98. The van der Waals surface area contributed by atoms with E-state index in [0.717, 1.165) is 136 Å². The fraction of sp³-hybridized carbons (Fsp3) is 0.273. The molecule has 19 heteroatoms. The first-order chi connectivity index (χ1) is 52.1. The SMILES string of the molecule is CCCCN(CCCl)c1ccc(/C=C(\C#N)C(=O)OCC)cc1.CCN(CCOc1ccc(OC2CCCCC2)cc1)c1ccc(C=C(C#N)C#N)c(C)c1.CCOC(=O)/C(C#N)=C\c1ccc(N(C)c2ccc(OCC)cc2)cc1.Oc1ccc2ccccc2c1/C=N/N=C/c1c(O)ccc2ccccc12. The number of anilines is 4. The van der Waals surface area contributed by atoms with E-state index in [0.29, 0.717) is 36.3 Å². The van der Waals surface area contributed by atoms with Crippen LogP contribution >= 0.6 is 11.6 Å². The fourth-order valence-corrected chi connectivity index (χ4v) is 11.7. The number of hydrogen-bond donors (Lipinski definition) is 2. The number of nitrogens with zero attached hydrogens (tertiary/aromatic N) is 9. The Kier molecular flexibility index (Phi) is 34.0. The molecule has 0 aliphatic heterocycles. The summed E-state index contributed by atoms with van der Waals surface area (Å²) in [5, 5.41) is 68.3. The number of aromatic hydroxyl groups is 2. The molecule has 0 saturated heterocycles. The second-order valence-corrected chi connectivity index (χ2v) is 24.9. The van der Waals surface area contributed by atoms with E-state index >= 15 is 0 Å². The van der Waals surface area contributed by atoms with Gasteiger partial charge in [-0.25, -0.2) is 9.59 Å². The highest BCUT2D eigenvalue weighted by molar-refractivity contribution is 6.18. The molecule has 0 radical (unpaired) electrons. The Balaban J connectivity index is 0.000000200. The van der Waals surface area contributed by atoms with Gasteiger partial charge in [0.15, 0.2) is 0 Å². The number of ether oxygens (including phenoxy) is 5. The summed E-state index contributed by atoms with van der Waals surface area (Å²) in [4.78, 5) is 29.8. The highest BCUT2D eigenvalue weighted by Gasteiger charge is 2.17. The molecule has 0 heterocycles. The molecule has 10 rings (SSSR count). The molecule has 9 aromatic carbocycles. The molecule has 18 nitrogen and oxygen atoms in total. The van der Waals surface area contributed by atoms with Crippen LogP contribution < -0.4 is 28.9 Å². The topological polar surface area (TPSA) is 250 Å². The van der Waals surface area contributed by atoms with Gasteiger partial charge in [-0.15, -0.1) is 11.6 Å². The average molecular weight is 1460 g/mol. The third kappa shape index (κ3) is 25.5. The van der Waals surface area contributed by atoms with Gasteiger partial charge in [-0.3, -0.25) is 0 Å². The van der Waals surface area contributed by atoms with Gasteiger partial charge in [0.25, 0.3) is 0 Å². The monoisotopic (exact) mass is 1450 g/mol. The van der Waals surface area contributed by atoms with Crippen molar-refractivity contribution in [1.82, 2.24) is 0 Å². The van der Waals surface area contributed by atoms with Crippen LogP contribution in [-0.2, 0) is 19.1 Å². The third-order valence-electron chi connectivity index (χ3n) is 17.2. The van der Waals surface area contributed by atoms with Crippen molar-refractivity contribution in [2.24, 2.45) is 10.2 Å². The molecule has 0 atom stereocenters. The minimum Gasteiger partial charge on any atom is -0.507 e. The van der Waals surface area contributed by atoms with E-state index in [-0.39, 0.29) is 41.4 Å². The molecule has 1 aliphatic carbocycles. The smallest absolute Gasteiger partial charge is 0.348 e. The fourth-order valence-electron chi connectivity index (χ4n) is 11.5. The number of fused-ring (bicyclic) bond motifs is 2. The Bertz CT molecular complexity index is 4590. The van der Waals surface area contributed by atoms with Crippen LogP contribution in [0.5, 0.6) is 28.7 Å². The number of rotatable bonds is 28. The van der Waals surface area contributed by atoms with E-state index < -0.39 is 11.9 Å². The Morgan fingerprint density at radius 2 is 1.02 bits per heavy atom. The van der Waals surface area contributed by atoms with Crippen molar-refractivity contribution in [1.29, 1.82) is 21.0 Å². The molecule has 107 heavy (non-hydrogen) atoms. The Morgan fingerprint density at radius 1 is 0.533 bits per heavy atom. The standard InChI is InChI=1S/C27H31N3O2.C22H16N2O2.C21H22N2O3.C18H23ClN2O2/c1-3-30(24-10-9-23(21(2)17-24)18-22(19-28)20-29)15-16-31-25-11-13-27(14-12-25)32-26-7-5-4-6-8-26;25-21-11-9-15-5-1-3-7-17(15)19(21)13-23-24-14-20-18-8-4-2-6-16(18)10-12-22(20)26;1-4-25-20-12-10-19(11-13-20)23(3)18-8-6-16(7-9-18)14-17(15-22)21(24)26-5-2;1-3-5-11-21(12-10-19)17-8-6-15(7-9-17)13-16(14-20)18(22)23-4-2/h9-14,17-18,26H,3-8,15-16H2,1-2H3;1-14,25-26H;6-14H,4-5H2,1-3H3;6-9,13H,3-5,10-12H2,1-2H3/b;23-13+,24-14+;17-14-;16-13+. The van der Waals surface area contributed by atoms with Gasteiger partial charge < -0.3 is 48.6 Å². The van der Waals surface area contributed by atoms with Crippen LogP contribution in [0.3, 0.4) is 0 Å². The van der Waals surface area contributed by atoms with Gasteiger partial charge in [0.1, 0.15) is 76.4 Å². The van der Waals surface area contributed by atoms with Crippen LogP contribution in [0.1, 0.15) is 113 Å². The van der Waals surface area contributed by atoms with Crippen molar-refractivity contribution in [2.75, 3.05) is 80.2 Å². The predicted octanol–water partition coefficient (Wildman–Crippen LogP) is 19.2. The van der Waals surface area contributed by atoms with Crippen LogP contribution in [0.2, 0.25) is 0 Å². The van der Waals surface area contributed by atoms with Gasteiger partial charge in [0.2, 0.25) is 0 Å². The van der Waals surface area contributed by atoms with Crippen molar-refractivity contribution < 1.29 is 43.5 Å². The number of halogens is 1. The normalized spacial score (nSPS) is 11.9. The van der Waals surface area contributed by atoms with Gasteiger partial charge in [0.05, 0.1) is 44.9 Å². The maximum Gasteiger partial charge on any atom is 0.348 e. The van der Waals surface area contributed by atoms with Crippen molar-refractivity contribution in [3.05, 3.63) is 238 Å². The van der Waals surface area contributed by atoms with E-state index in [4.69, 9.17) is 56.3 Å². The number of aryl methyl sites for hydroxylation is 1. The zero-order valence-electron chi connectivity index (χ0n) is 61.8. The van der Waals surface area contributed by atoms with Crippen molar-refractivity contribution in [3.63, 3.8) is 0 Å². The highest BCUT2D eigenvalue weighted by atomic mass is 35.5. The number of carbonyl (C=O) groups excluding carboxylic acids is 2. The van der Waals surface area contributed by atoms with Gasteiger partial charge in [-0.2, -0.15) is 31.3 Å². The van der Waals surface area contributed by atoms with Crippen molar-refractivity contribution >= 4 is 98.5 Å². The molecule has 0 aromatic heterocycles. The van der Waals surface area contributed by atoms with E-state index in [1.165, 1.54) is 37.8 Å². The highest BCUT2D eigenvalue weighted by Crippen LogP contribution is 2.31. The van der Waals surface area contributed by atoms with Crippen molar-refractivity contribution in [2.45, 2.75) is 92.6 Å². The maximum atomic E-state index is 11.7. The first kappa shape index (κ1) is 81.9. The molecule has 9 aromatic rings. The summed E-state index contributed by atoms with van der Waals surface area (Å²) in [6.45, 7) is 16.7. The lowest BCUT2D eigenvalue weighted by Crippen LogP contribution is -2.28. The third-order valence-corrected chi connectivity index (χ3v) is 17.4. The first-order valence-corrected chi connectivity index (χ1v) is 36.4. The van der Waals surface area contributed by atoms with E-state index in [9.17, 15) is 19.8 Å². The maximum absolute atomic E-state index is 11.7. The molecular weight excluding hydrogens is 1360 g/mol. The number of nitriles is 4. The molecule has 1 fully saturated rings. The number of carbonyl (C=O) groups is 2. The zero-order chi connectivity index (χ0) is 76.7. The van der Waals surface area contributed by atoms with E-state index in [1.54, 1.807) is 38.1 Å². The zero-order valence-corrected chi connectivity index (χ0v) is 62.6. The molecule has 0 amide bonds. The molecule has 550 valence electrons. The number of unbranched alkanes of at least 4 members (excludes halogenated alkanes) is 1. The van der Waals surface area contributed by atoms with Crippen LogP contribution in [0.15, 0.2) is 215 Å². The second kappa shape index (κ2) is 44.3. The molecule has 2 N–H and O–H groups in total. The number of benzene rings is 9. The number of phenolic OH excluding ortho intramolecular Hbond substituents is 2. The van der Waals surface area contributed by atoms with Crippen molar-refractivity contribution in [3.8, 4) is 53.0 Å². The van der Waals surface area contributed by atoms with Gasteiger partial charge >= 0.3 is 11.9 Å². The van der Waals surface area contributed by atoms with Gasteiger partial charge in [-0.05, 0) is 226 Å². The molecule has 1 saturated carbocycles. The minimum atomic E-state index is -0.606. The van der Waals surface area contributed by atoms with Crippen LogP contribution in [0.25, 0.3) is 39.8 Å². The number of hydrogen-bond acceptors (Lipinski definition) is 18. The number of allylic oxidation sites excluding steroid dienone is 1. The lowest BCUT2D eigenvalue weighted by molar-refractivity contribution is -0.138. The summed E-state index contributed by atoms with van der Waals surface area (Å²) in [6.07, 6.45) is 16.5. The van der Waals surface area contributed by atoms with Crippen LogP contribution in [0.4, 0.5) is 22.7 Å². The van der Waals surface area contributed by atoms with Gasteiger partial charge in [-0.1, -0.05) is 111 Å². The number of likely N-dealkylation sites (N-methyl/N-ethyl adjacent to an activating group) is 1.